The quantitative estimate of drug-likeness (QED) is 0.765. The van der Waals surface area contributed by atoms with Gasteiger partial charge < -0.3 is 15.8 Å². The Morgan fingerprint density at radius 1 is 1.38 bits per heavy atom. The number of rotatable bonds is 7. The normalized spacial score (nSPS) is 11.2. The van der Waals surface area contributed by atoms with Gasteiger partial charge in [0.15, 0.2) is 0 Å². The number of thiophene rings is 1. The zero-order valence-corrected chi connectivity index (χ0v) is 13.1. The number of nitrogens with one attached hydrogen (secondary N) is 1. The highest BCUT2D eigenvalue weighted by Crippen LogP contribution is 2.30. The second kappa shape index (κ2) is 7.33. The van der Waals surface area contributed by atoms with Crippen LogP contribution < -0.4 is 11.1 Å². The van der Waals surface area contributed by atoms with Crippen molar-refractivity contribution < 1.29 is 9.53 Å². The summed E-state index contributed by atoms with van der Waals surface area (Å²) in [5.74, 6) is -0.165. The number of hydrogen-bond donors (Lipinski definition) is 2. The third-order valence-electron chi connectivity index (χ3n) is 2.88. The molecule has 2 aromatic rings. The topological polar surface area (TPSA) is 90.1 Å². The lowest BCUT2D eigenvalue weighted by molar-refractivity contribution is 0.0754. The number of nitrogens with two attached hydrogens (primary N) is 1. The number of amides is 1. The Labute approximate surface area is 127 Å². The highest BCUT2D eigenvalue weighted by atomic mass is 32.1. The molecule has 0 radical (unpaired) electrons. The summed E-state index contributed by atoms with van der Waals surface area (Å²) in [4.78, 5) is 21.6. The zero-order chi connectivity index (χ0) is 15.2. The second-order valence-electron chi connectivity index (χ2n) is 4.94. The van der Waals surface area contributed by atoms with Gasteiger partial charge in [0, 0.05) is 25.5 Å². The predicted molar refractivity (Wildman–Crippen MR) is 84.5 cm³/mol. The summed E-state index contributed by atoms with van der Waals surface area (Å²) >= 11 is 1.27. The second-order valence-corrected chi connectivity index (χ2v) is 5.94. The summed E-state index contributed by atoms with van der Waals surface area (Å²) in [6, 6.07) is 0. The average Bonchev–Trinajstić information content (AvgIpc) is 2.80. The Kier molecular flexibility index (Phi) is 5.46. The van der Waals surface area contributed by atoms with Crippen molar-refractivity contribution >= 4 is 33.3 Å². The summed E-state index contributed by atoms with van der Waals surface area (Å²) < 4.78 is 5.45. The van der Waals surface area contributed by atoms with Gasteiger partial charge in [-0.15, -0.1) is 11.3 Å². The summed E-state index contributed by atoms with van der Waals surface area (Å²) in [6.45, 7) is 5.34. The van der Waals surface area contributed by atoms with Crippen molar-refractivity contribution in [1.29, 1.82) is 0 Å². The maximum atomic E-state index is 12.1. The van der Waals surface area contributed by atoms with Crippen molar-refractivity contribution in [2.75, 3.05) is 18.9 Å². The molecule has 0 saturated carbocycles. The zero-order valence-electron chi connectivity index (χ0n) is 12.3. The molecule has 2 rings (SSSR count). The van der Waals surface area contributed by atoms with E-state index in [0.29, 0.717) is 34.1 Å². The van der Waals surface area contributed by atoms with Gasteiger partial charge in [-0.2, -0.15) is 0 Å². The molecule has 1 amide bonds. The molecule has 2 heterocycles. The van der Waals surface area contributed by atoms with Crippen LogP contribution in [0.5, 0.6) is 0 Å². The standard InChI is InChI=1S/C14H20N4O2S/c1-9(2)20-8-4-3-5-17-13(19)12-10(15)11-14(21-12)18-7-6-16-11/h6-7,9H,3-5,8,15H2,1-2H3,(H,17,19). The smallest absolute Gasteiger partial charge is 0.263 e. The van der Waals surface area contributed by atoms with Crippen LogP contribution in [-0.2, 0) is 4.74 Å². The molecule has 0 spiro atoms. The van der Waals surface area contributed by atoms with Gasteiger partial charge in [-0.05, 0) is 26.7 Å². The third-order valence-corrected chi connectivity index (χ3v) is 3.98. The Hall–Kier alpha value is -1.73. The van der Waals surface area contributed by atoms with Crippen LogP contribution in [0.4, 0.5) is 5.69 Å². The van der Waals surface area contributed by atoms with E-state index in [9.17, 15) is 4.79 Å². The highest BCUT2D eigenvalue weighted by Gasteiger charge is 2.17. The van der Waals surface area contributed by atoms with E-state index in [4.69, 9.17) is 10.5 Å². The van der Waals surface area contributed by atoms with Crippen molar-refractivity contribution in [2.45, 2.75) is 32.8 Å². The van der Waals surface area contributed by atoms with Crippen LogP contribution in [0.1, 0.15) is 36.4 Å². The number of nitrogens with zero attached hydrogens (tertiary/aromatic N) is 2. The Balaban J connectivity index is 1.84. The molecule has 2 aromatic heterocycles. The number of ether oxygens (including phenoxy) is 1. The monoisotopic (exact) mass is 308 g/mol. The number of anilines is 1. The fourth-order valence-electron chi connectivity index (χ4n) is 1.84. The largest absolute Gasteiger partial charge is 0.396 e. The van der Waals surface area contributed by atoms with Crippen molar-refractivity contribution in [1.82, 2.24) is 15.3 Å². The van der Waals surface area contributed by atoms with E-state index in [0.717, 1.165) is 12.8 Å². The Morgan fingerprint density at radius 3 is 2.86 bits per heavy atom. The van der Waals surface area contributed by atoms with Crippen molar-refractivity contribution in [3.05, 3.63) is 17.3 Å². The average molecular weight is 308 g/mol. The lowest BCUT2D eigenvalue weighted by Gasteiger charge is -2.07. The van der Waals surface area contributed by atoms with E-state index < -0.39 is 0 Å². The summed E-state index contributed by atoms with van der Waals surface area (Å²) in [7, 11) is 0. The van der Waals surface area contributed by atoms with E-state index in [1.165, 1.54) is 11.3 Å². The fraction of sp³-hybridized carbons (Fsp3) is 0.500. The molecule has 0 aliphatic heterocycles. The first kappa shape index (κ1) is 15.7. The van der Waals surface area contributed by atoms with Crippen LogP contribution in [-0.4, -0.2) is 35.1 Å². The molecular formula is C14H20N4O2S. The van der Waals surface area contributed by atoms with Gasteiger partial charge in [0.1, 0.15) is 15.2 Å². The molecule has 0 aliphatic carbocycles. The lowest BCUT2D eigenvalue weighted by atomic mass is 10.3. The van der Waals surface area contributed by atoms with Crippen molar-refractivity contribution in [3.63, 3.8) is 0 Å². The summed E-state index contributed by atoms with van der Waals surface area (Å²) in [5, 5.41) is 2.87. The van der Waals surface area contributed by atoms with Crippen molar-refractivity contribution in [2.24, 2.45) is 0 Å². The predicted octanol–water partition coefficient (Wildman–Crippen LogP) is 2.21. The van der Waals surface area contributed by atoms with E-state index in [-0.39, 0.29) is 12.0 Å². The molecule has 0 unspecified atom stereocenters. The van der Waals surface area contributed by atoms with Crippen LogP contribution in [0.3, 0.4) is 0 Å². The van der Waals surface area contributed by atoms with E-state index >= 15 is 0 Å². The van der Waals surface area contributed by atoms with E-state index in [2.05, 4.69) is 15.3 Å². The molecule has 0 aromatic carbocycles. The van der Waals surface area contributed by atoms with E-state index in [1.807, 2.05) is 13.8 Å². The molecule has 114 valence electrons. The van der Waals surface area contributed by atoms with Gasteiger partial charge in [0.25, 0.3) is 5.91 Å². The number of carbonyl (C=O) groups is 1. The van der Waals surface area contributed by atoms with Crippen LogP contribution in [0.15, 0.2) is 12.4 Å². The van der Waals surface area contributed by atoms with Crippen LogP contribution in [0.25, 0.3) is 10.3 Å². The SMILES string of the molecule is CC(C)OCCCCNC(=O)c1sc2nccnc2c1N. The number of aromatic nitrogens is 2. The van der Waals surface area contributed by atoms with Gasteiger partial charge in [-0.3, -0.25) is 4.79 Å². The molecule has 0 bridgehead atoms. The molecule has 7 heteroatoms. The first-order chi connectivity index (χ1) is 10.1. The fourth-order valence-corrected chi connectivity index (χ4v) is 2.78. The summed E-state index contributed by atoms with van der Waals surface area (Å²) in [5.41, 5.74) is 6.95. The molecule has 0 fully saturated rings. The van der Waals surface area contributed by atoms with E-state index in [1.54, 1.807) is 12.4 Å². The van der Waals surface area contributed by atoms with Crippen LogP contribution in [0.2, 0.25) is 0 Å². The maximum Gasteiger partial charge on any atom is 0.263 e. The molecule has 21 heavy (non-hydrogen) atoms. The number of carbonyl (C=O) groups excluding carboxylic acids is 1. The molecule has 0 atom stereocenters. The van der Waals surface area contributed by atoms with Gasteiger partial charge in [0.2, 0.25) is 0 Å². The van der Waals surface area contributed by atoms with Gasteiger partial charge >= 0.3 is 0 Å². The molecule has 0 aliphatic rings. The lowest BCUT2D eigenvalue weighted by Crippen LogP contribution is -2.24. The van der Waals surface area contributed by atoms with Crippen molar-refractivity contribution in [3.8, 4) is 0 Å². The molecule has 6 nitrogen and oxygen atoms in total. The number of nitrogen functional groups attached to an aromatic ring is 1. The van der Waals surface area contributed by atoms with Gasteiger partial charge in [-0.25, -0.2) is 9.97 Å². The van der Waals surface area contributed by atoms with Crippen LogP contribution >= 0.6 is 11.3 Å². The minimum atomic E-state index is -0.165. The number of fused-ring (bicyclic) bond motifs is 1. The highest BCUT2D eigenvalue weighted by molar-refractivity contribution is 7.21. The Bertz CT molecular complexity index is 612. The third kappa shape index (κ3) is 4.12. The molecule has 0 saturated heterocycles. The van der Waals surface area contributed by atoms with Gasteiger partial charge in [-0.1, -0.05) is 0 Å². The first-order valence-electron chi connectivity index (χ1n) is 6.98. The minimum absolute atomic E-state index is 0.165. The maximum absolute atomic E-state index is 12.1. The number of hydrogen-bond acceptors (Lipinski definition) is 6. The Morgan fingerprint density at radius 2 is 2.14 bits per heavy atom. The molecular weight excluding hydrogens is 288 g/mol. The summed E-state index contributed by atoms with van der Waals surface area (Å²) in [6.07, 6.45) is 5.21. The van der Waals surface area contributed by atoms with Gasteiger partial charge in [0.05, 0.1) is 11.8 Å². The first-order valence-corrected chi connectivity index (χ1v) is 7.80. The van der Waals surface area contributed by atoms with Crippen LogP contribution in [0, 0.1) is 0 Å². The number of unbranched alkanes of at least 4 members (excludes halogenated alkanes) is 1. The molecule has 3 N–H and O–H groups in total. The minimum Gasteiger partial charge on any atom is -0.396 e.